The van der Waals surface area contributed by atoms with Crippen LogP contribution in [0, 0.1) is 0 Å². The second-order valence-corrected chi connectivity index (χ2v) is 4.32. The zero-order valence-corrected chi connectivity index (χ0v) is 11.0. The topological polar surface area (TPSA) is 50.4 Å². The second-order valence-electron chi connectivity index (χ2n) is 4.32. The first-order chi connectivity index (χ1) is 8.25. The number of nitrogens with zero attached hydrogens (tertiary/aromatic N) is 2. The van der Waals surface area contributed by atoms with Gasteiger partial charge in [-0.3, -0.25) is 4.57 Å². The van der Waals surface area contributed by atoms with Gasteiger partial charge in [0.1, 0.15) is 0 Å². The Kier molecular flexibility index (Phi) is 3.63. The van der Waals surface area contributed by atoms with Crippen LogP contribution in [0.15, 0.2) is 27.4 Å². The van der Waals surface area contributed by atoms with Gasteiger partial charge in [0, 0.05) is 45.0 Å². The van der Waals surface area contributed by atoms with Gasteiger partial charge in [-0.1, -0.05) is 0 Å². The number of aryl methyl sites for hydroxylation is 1. The highest BCUT2D eigenvalue weighted by atomic mass is 35.5. The Labute approximate surface area is 111 Å². The van der Waals surface area contributed by atoms with Gasteiger partial charge in [-0.15, -0.1) is 12.4 Å². The van der Waals surface area contributed by atoms with Crippen LogP contribution in [0.25, 0.3) is 11.1 Å². The van der Waals surface area contributed by atoms with Gasteiger partial charge < -0.3 is 14.6 Å². The van der Waals surface area contributed by atoms with E-state index < -0.39 is 0 Å². The summed E-state index contributed by atoms with van der Waals surface area (Å²) in [6.07, 6.45) is 0. The monoisotopic (exact) mass is 269 g/mol. The molecule has 2 aromatic rings. The van der Waals surface area contributed by atoms with E-state index in [1.54, 1.807) is 7.05 Å². The molecule has 1 aromatic heterocycles. The van der Waals surface area contributed by atoms with Crippen molar-refractivity contribution in [1.29, 1.82) is 0 Å². The molecule has 1 saturated heterocycles. The van der Waals surface area contributed by atoms with E-state index in [1.165, 1.54) is 4.57 Å². The van der Waals surface area contributed by atoms with Crippen molar-refractivity contribution < 1.29 is 4.42 Å². The molecule has 18 heavy (non-hydrogen) atoms. The van der Waals surface area contributed by atoms with E-state index in [1.807, 2.05) is 18.2 Å². The number of oxazole rings is 1. The van der Waals surface area contributed by atoms with Crippen molar-refractivity contribution in [3.63, 3.8) is 0 Å². The molecule has 1 N–H and O–H groups in total. The maximum atomic E-state index is 11.4. The molecule has 0 amide bonds. The Balaban J connectivity index is 0.00000120. The number of fused-ring (bicyclic) bond motifs is 1. The summed E-state index contributed by atoms with van der Waals surface area (Å²) in [6, 6.07) is 5.93. The van der Waals surface area contributed by atoms with Crippen LogP contribution in [0.1, 0.15) is 0 Å². The van der Waals surface area contributed by atoms with Gasteiger partial charge in [0.15, 0.2) is 5.58 Å². The quantitative estimate of drug-likeness (QED) is 0.838. The molecule has 0 radical (unpaired) electrons. The van der Waals surface area contributed by atoms with Crippen molar-refractivity contribution >= 4 is 29.2 Å². The standard InChI is InChI=1S/C12H15N3O2.ClH/c1-14-10-3-2-9(8-11(10)17-12(14)16)15-6-4-13-5-7-15;/h2-3,8,13H,4-7H2,1H3;1H. The highest BCUT2D eigenvalue weighted by molar-refractivity contribution is 5.85. The number of aromatic nitrogens is 1. The predicted octanol–water partition coefficient (Wildman–Crippen LogP) is 0.963. The zero-order valence-electron chi connectivity index (χ0n) is 10.2. The third-order valence-electron chi connectivity index (χ3n) is 3.26. The Bertz CT molecular complexity index is 599. The molecule has 0 spiro atoms. The van der Waals surface area contributed by atoms with Gasteiger partial charge in [-0.05, 0) is 12.1 Å². The molecule has 98 valence electrons. The van der Waals surface area contributed by atoms with Crippen LogP contribution in [0.3, 0.4) is 0 Å². The van der Waals surface area contributed by atoms with E-state index >= 15 is 0 Å². The Morgan fingerprint density at radius 3 is 2.72 bits per heavy atom. The summed E-state index contributed by atoms with van der Waals surface area (Å²) in [5.41, 5.74) is 2.62. The lowest BCUT2D eigenvalue weighted by Gasteiger charge is -2.29. The van der Waals surface area contributed by atoms with Crippen molar-refractivity contribution in [3.05, 3.63) is 28.7 Å². The summed E-state index contributed by atoms with van der Waals surface area (Å²) < 4.78 is 6.72. The first-order valence-corrected chi connectivity index (χ1v) is 5.81. The first-order valence-electron chi connectivity index (χ1n) is 5.81. The van der Waals surface area contributed by atoms with Crippen LogP contribution in [0.2, 0.25) is 0 Å². The fraction of sp³-hybridized carbons (Fsp3) is 0.417. The molecular weight excluding hydrogens is 254 g/mol. The van der Waals surface area contributed by atoms with Crippen LogP contribution in [-0.4, -0.2) is 30.7 Å². The molecule has 0 atom stereocenters. The molecule has 0 saturated carbocycles. The lowest BCUT2D eigenvalue weighted by molar-refractivity contribution is 0.527. The lowest BCUT2D eigenvalue weighted by Crippen LogP contribution is -2.43. The molecule has 0 bridgehead atoms. The van der Waals surface area contributed by atoms with E-state index in [4.69, 9.17) is 4.42 Å². The molecule has 1 aliphatic heterocycles. The average molecular weight is 270 g/mol. The minimum Gasteiger partial charge on any atom is -0.408 e. The molecular formula is C12H16ClN3O2. The minimum atomic E-state index is -0.308. The van der Waals surface area contributed by atoms with Gasteiger partial charge >= 0.3 is 5.76 Å². The number of halogens is 1. The SMILES string of the molecule is Cl.Cn1c(=O)oc2cc(N3CCNCC3)ccc21. The largest absolute Gasteiger partial charge is 0.419 e. The van der Waals surface area contributed by atoms with Crippen molar-refractivity contribution in [1.82, 2.24) is 9.88 Å². The molecule has 0 aliphatic carbocycles. The van der Waals surface area contributed by atoms with E-state index in [0.29, 0.717) is 5.58 Å². The van der Waals surface area contributed by atoms with E-state index in [2.05, 4.69) is 10.2 Å². The number of hydrogen-bond acceptors (Lipinski definition) is 4. The molecule has 5 nitrogen and oxygen atoms in total. The summed E-state index contributed by atoms with van der Waals surface area (Å²) >= 11 is 0. The fourth-order valence-corrected chi connectivity index (χ4v) is 2.24. The molecule has 1 aromatic carbocycles. The maximum Gasteiger partial charge on any atom is 0.419 e. The third-order valence-corrected chi connectivity index (χ3v) is 3.26. The summed E-state index contributed by atoms with van der Waals surface area (Å²) in [4.78, 5) is 13.7. The number of piperazine rings is 1. The summed E-state index contributed by atoms with van der Waals surface area (Å²) in [6.45, 7) is 3.97. The normalized spacial score (nSPS) is 15.7. The van der Waals surface area contributed by atoms with Crippen LogP contribution >= 0.6 is 12.4 Å². The molecule has 3 rings (SSSR count). The zero-order chi connectivity index (χ0) is 11.8. The van der Waals surface area contributed by atoms with Crippen LogP contribution in [0.5, 0.6) is 0 Å². The maximum absolute atomic E-state index is 11.4. The Hall–Kier alpha value is -1.46. The summed E-state index contributed by atoms with van der Waals surface area (Å²) in [5, 5.41) is 3.32. The summed E-state index contributed by atoms with van der Waals surface area (Å²) in [5.74, 6) is -0.308. The molecule has 6 heteroatoms. The number of anilines is 1. The van der Waals surface area contributed by atoms with Gasteiger partial charge in [0.2, 0.25) is 0 Å². The fourth-order valence-electron chi connectivity index (χ4n) is 2.24. The second kappa shape index (κ2) is 5.04. The Morgan fingerprint density at radius 1 is 1.28 bits per heavy atom. The molecule has 2 heterocycles. The van der Waals surface area contributed by atoms with Gasteiger partial charge in [-0.25, -0.2) is 4.79 Å². The van der Waals surface area contributed by atoms with Gasteiger partial charge in [-0.2, -0.15) is 0 Å². The van der Waals surface area contributed by atoms with Gasteiger partial charge in [0.25, 0.3) is 0 Å². The van der Waals surface area contributed by atoms with Crippen molar-refractivity contribution in [2.75, 3.05) is 31.1 Å². The van der Waals surface area contributed by atoms with Crippen LogP contribution in [-0.2, 0) is 7.05 Å². The van der Waals surface area contributed by atoms with Crippen LogP contribution in [0.4, 0.5) is 5.69 Å². The van der Waals surface area contributed by atoms with Crippen molar-refractivity contribution in [3.8, 4) is 0 Å². The summed E-state index contributed by atoms with van der Waals surface area (Å²) in [7, 11) is 1.72. The highest BCUT2D eigenvalue weighted by Gasteiger charge is 2.13. The van der Waals surface area contributed by atoms with E-state index in [0.717, 1.165) is 37.4 Å². The molecule has 1 fully saturated rings. The smallest absolute Gasteiger partial charge is 0.408 e. The van der Waals surface area contributed by atoms with E-state index in [9.17, 15) is 4.79 Å². The van der Waals surface area contributed by atoms with Crippen molar-refractivity contribution in [2.24, 2.45) is 7.05 Å². The number of benzene rings is 1. The molecule has 1 aliphatic rings. The number of hydrogen-bond donors (Lipinski definition) is 1. The minimum absolute atomic E-state index is 0. The van der Waals surface area contributed by atoms with Crippen LogP contribution < -0.4 is 16.0 Å². The average Bonchev–Trinajstić information content (AvgIpc) is 2.66. The van der Waals surface area contributed by atoms with Crippen molar-refractivity contribution in [2.45, 2.75) is 0 Å². The van der Waals surface area contributed by atoms with Gasteiger partial charge in [0.05, 0.1) is 5.52 Å². The first kappa shape index (κ1) is 13.0. The predicted molar refractivity (Wildman–Crippen MR) is 73.8 cm³/mol. The Morgan fingerprint density at radius 2 is 2.00 bits per heavy atom. The third kappa shape index (κ3) is 2.11. The lowest BCUT2D eigenvalue weighted by atomic mass is 10.2. The number of nitrogens with one attached hydrogen (secondary N) is 1. The number of rotatable bonds is 1. The van der Waals surface area contributed by atoms with E-state index in [-0.39, 0.29) is 18.2 Å². The molecule has 0 unspecified atom stereocenters. The highest BCUT2D eigenvalue weighted by Crippen LogP contribution is 2.21.